The molecule has 2 unspecified atom stereocenters. The minimum Gasteiger partial charge on any atom is -0.454 e. The highest BCUT2D eigenvalue weighted by atomic mass is 16.5. The molecule has 4 amide bonds. The molecular formula is C44H52N8O7. The van der Waals surface area contributed by atoms with Gasteiger partial charge in [-0.3, -0.25) is 9.59 Å². The van der Waals surface area contributed by atoms with Gasteiger partial charge in [0, 0.05) is 18.0 Å². The molecule has 15 nitrogen and oxygen atoms in total. The fourth-order valence-electron chi connectivity index (χ4n) is 9.17. The molecule has 15 heteroatoms. The van der Waals surface area contributed by atoms with Crippen molar-refractivity contribution in [3.63, 3.8) is 0 Å². The molecule has 2 aliphatic heterocycles. The number of benzene rings is 2. The maximum absolute atomic E-state index is 14.0. The Morgan fingerprint density at radius 1 is 0.763 bits per heavy atom. The van der Waals surface area contributed by atoms with Crippen molar-refractivity contribution in [2.24, 2.45) is 17.8 Å². The van der Waals surface area contributed by atoms with Gasteiger partial charge in [0.1, 0.15) is 35.0 Å². The number of furan rings is 1. The summed E-state index contributed by atoms with van der Waals surface area (Å²) in [7, 11) is 2.59. The van der Waals surface area contributed by atoms with Gasteiger partial charge in [0.2, 0.25) is 11.8 Å². The summed E-state index contributed by atoms with van der Waals surface area (Å²) in [6.45, 7) is 8.22. The average molecular weight is 805 g/mol. The molecule has 59 heavy (non-hydrogen) atoms. The quantitative estimate of drug-likeness (QED) is 0.106. The summed E-state index contributed by atoms with van der Waals surface area (Å²) in [6, 6.07) is 14.6. The van der Waals surface area contributed by atoms with Crippen LogP contribution in [0.15, 0.2) is 65.3 Å². The van der Waals surface area contributed by atoms with Gasteiger partial charge in [-0.2, -0.15) is 0 Å². The summed E-state index contributed by atoms with van der Waals surface area (Å²) in [4.78, 5) is 71.8. The topological polar surface area (TPSA) is 188 Å². The Labute approximate surface area is 342 Å². The minimum absolute atomic E-state index is 0.101. The SMILES string of the molecule is COC(=O)N[C@H](C(=O)N1CCC[C@H]1c1ncc(-c2ccc(-c3ccc4oc(-c5cnc([C@@H]6C7CCC(C7)N6C(=O)[C@@H](NC(=O)OC)C(C)C)[nH]5)cc4c3)cc2)[nH]1)C(C)C. The zero-order valence-corrected chi connectivity index (χ0v) is 34.3. The van der Waals surface area contributed by atoms with Gasteiger partial charge in [0.25, 0.3) is 0 Å². The second-order valence-electron chi connectivity index (χ2n) is 16.6. The number of hydrogen-bond donors (Lipinski definition) is 4. The number of carbonyl (C=O) groups is 4. The number of imidazole rings is 2. The van der Waals surface area contributed by atoms with E-state index in [-0.39, 0.29) is 47.7 Å². The smallest absolute Gasteiger partial charge is 0.407 e. The first-order valence-electron chi connectivity index (χ1n) is 20.5. The molecule has 3 aromatic heterocycles. The van der Waals surface area contributed by atoms with Crippen LogP contribution in [0, 0.1) is 17.8 Å². The summed E-state index contributed by atoms with van der Waals surface area (Å²) in [6.07, 6.45) is 6.80. The first-order valence-corrected chi connectivity index (χ1v) is 20.5. The monoisotopic (exact) mass is 804 g/mol. The molecule has 6 atom stereocenters. The van der Waals surface area contributed by atoms with Crippen LogP contribution >= 0.6 is 0 Å². The molecule has 310 valence electrons. The number of fused-ring (bicyclic) bond motifs is 3. The van der Waals surface area contributed by atoms with Crippen LogP contribution in [-0.4, -0.2) is 92.6 Å². The summed E-state index contributed by atoms with van der Waals surface area (Å²) >= 11 is 0. The summed E-state index contributed by atoms with van der Waals surface area (Å²) in [5, 5.41) is 6.39. The van der Waals surface area contributed by atoms with Crippen LogP contribution < -0.4 is 10.6 Å². The summed E-state index contributed by atoms with van der Waals surface area (Å²) in [5.41, 5.74) is 5.36. The van der Waals surface area contributed by atoms with E-state index in [2.05, 4.69) is 55.9 Å². The zero-order valence-electron chi connectivity index (χ0n) is 34.3. The van der Waals surface area contributed by atoms with Gasteiger partial charge in [-0.05, 0) is 84.7 Å². The number of hydrogen-bond acceptors (Lipinski definition) is 9. The molecule has 8 rings (SSSR count). The largest absolute Gasteiger partial charge is 0.454 e. The van der Waals surface area contributed by atoms with E-state index in [0.29, 0.717) is 18.1 Å². The van der Waals surface area contributed by atoms with Crippen molar-refractivity contribution in [1.82, 2.24) is 40.4 Å². The van der Waals surface area contributed by atoms with Crippen molar-refractivity contribution in [2.45, 2.75) is 90.0 Å². The summed E-state index contributed by atoms with van der Waals surface area (Å²) < 4.78 is 15.9. The third kappa shape index (κ3) is 7.65. The molecule has 1 aliphatic carbocycles. The molecule has 5 heterocycles. The normalized spacial score (nSPS) is 21.0. The number of carbonyl (C=O) groups excluding carboxylic acids is 4. The van der Waals surface area contributed by atoms with Gasteiger partial charge >= 0.3 is 12.2 Å². The van der Waals surface area contributed by atoms with E-state index in [9.17, 15) is 19.2 Å². The Kier molecular flexibility index (Phi) is 10.9. The number of amides is 4. The number of ether oxygens (including phenoxy) is 2. The predicted molar refractivity (Wildman–Crippen MR) is 220 cm³/mol. The van der Waals surface area contributed by atoms with Gasteiger partial charge in [0.05, 0.1) is 44.4 Å². The maximum Gasteiger partial charge on any atom is 0.407 e. The molecule has 0 radical (unpaired) electrons. The van der Waals surface area contributed by atoms with Gasteiger partial charge in [-0.15, -0.1) is 0 Å². The Balaban J connectivity index is 0.965. The van der Waals surface area contributed by atoms with Crippen molar-refractivity contribution in [1.29, 1.82) is 0 Å². The molecule has 2 bridgehead atoms. The molecular weight excluding hydrogens is 753 g/mol. The van der Waals surface area contributed by atoms with E-state index in [4.69, 9.17) is 18.9 Å². The second kappa shape index (κ2) is 16.3. The van der Waals surface area contributed by atoms with Crippen LogP contribution in [-0.2, 0) is 19.1 Å². The number of methoxy groups -OCH3 is 2. The molecule has 3 fully saturated rings. The van der Waals surface area contributed by atoms with Crippen LogP contribution in [0.25, 0.3) is 44.8 Å². The number of likely N-dealkylation sites (tertiary alicyclic amines) is 2. The number of H-pyrrole nitrogens is 2. The number of nitrogens with one attached hydrogen (secondary N) is 4. The van der Waals surface area contributed by atoms with Crippen molar-refractivity contribution in [3.05, 3.63) is 72.6 Å². The van der Waals surface area contributed by atoms with Gasteiger partial charge < -0.3 is 44.3 Å². The lowest BCUT2D eigenvalue weighted by Crippen LogP contribution is -2.54. The highest BCUT2D eigenvalue weighted by molar-refractivity contribution is 5.89. The van der Waals surface area contributed by atoms with E-state index in [1.54, 1.807) is 17.3 Å². The van der Waals surface area contributed by atoms with Crippen molar-refractivity contribution in [2.75, 3.05) is 20.8 Å². The molecule has 4 N–H and O–H groups in total. The molecule has 2 aromatic carbocycles. The molecule has 2 saturated heterocycles. The van der Waals surface area contributed by atoms with E-state index in [1.165, 1.54) is 14.2 Å². The number of aromatic amines is 2. The fraction of sp³-hybridized carbons (Fsp3) is 0.455. The van der Waals surface area contributed by atoms with Crippen molar-refractivity contribution >= 4 is 35.0 Å². The number of aromatic nitrogens is 4. The van der Waals surface area contributed by atoms with Crippen LogP contribution in [0.3, 0.4) is 0 Å². The fourth-order valence-corrected chi connectivity index (χ4v) is 9.17. The molecule has 5 aromatic rings. The highest BCUT2D eigenvalue weighted by Gasteiger charge is 2.51. The summed E-state index contributed by atoms with van der Waals surface area (Å²) in [5.74, 6) is 1.88. The Morgan fingerprint density at radius 2 is 1.39 bits per heavy atom. The van der Waals surface area contributed by atoms with Gasteiger partial charge in [0.15, 0.2) is 5.76 Å². The number of alkyl carbamates (subject to hydrolysis) is 2. The molecule has 1 saturated carbocycles. The third-order valence-electron chi connectivity index (χ3n) is 12.3. The Morgan fingerprint density at radius 3 is 2.08 bits per heavy atom. The third-order valence-corrected chi connectivity index (χ3v) is 12.3. The van der Waals surface area contributed by atoms with E-state index in [0.717, 1.165) is 77.0 Å². The van der Waals surface area contributed by atoms with Gasteiger partial charge in [-0.1, -0.05) is 58.0 Å². The number of nitrogens with zero attached hydrogens (tertiary/aromatic N) is 4. The lowest BCUT2D eigenvalue weighted by molar-refractivity contribution is -0.139. The maximum atomic E-state index is 14.0. The minimum atomic E-state index is -0.702. The highest BCUT2D eigenvalue weighted by Crippen LogP contribution is 2.50. The van der Waals surface area contributed by atoms with Gasteiger partial charge in [-0.25, -0.2) is 19.6 Å². The van der Waals surface area contributed by atoms with Crippen LogP contribution in [0.2, 0.25) is 0 Å². The molecule has 0 spiro atoms. The zero-order chi connectivity index (χ0) is 41.5. The Bertz CT molecular complexity index is 2350. The van der Waals surface area contributed by atoms with E-state index < -0.39 is 24.3 Å². The Hall–Kier alpha value is -6.12. The first-order chi connectivity index (χ1) is 28.4. The van der Waals surface area contributed by atoms with Crippen LogP contribution in [0.1, 0.15) is 83.5 Å². The lowest BCUT2D eigenvalue weighted by atomic mass is 9.95. The second-order valence-corrected chi connectivity index (χ2v) is 16.6. The van der Waals surface area contributed by atoms with Crippen LogP contribution in [0.4, 0.5) is 9.59 Å². The standard InChI is InChI=1S/C44H52N8O7/c1-23(2)36(49-43(55)57-5)41(53)51-17-7-8-33(51)39-45-21-31(47-39)26-11-9-25(10-12-26)27-14-16-34-29(18-27)20-35(59-34)32-22-46-40(48-32)38-28-13-15-30(19-28)52(38)42(54)37(24(3)4)50-44(56)58-6/h9-12,14,16,18,20-24,28,30,33,36-38H,7-8,13,15,17,19H2,1-6H3,(H,45,47)(H,46,48)(H,49,55)(H,50,56)/t28?,30?,33-,36-,37-,38-/m0/s1. The lowest BCUT2D eigenvalue weighted by Gasteiger charge is -2.37. The van der Waals surface area contributed by atoms with E-state index >= 15 is 0 Å². The average Bonchev–Trinajstić information content (AvgIpc) is 4.09. The van der Waals surface area contributed by atoms with E-state index in [1.807, 2.05) is 50.8 Å². The number of rotatable bonds is 11. The first kappa shape index (κ1) is 39.7. The predicted octanol–water partition coefficient (Wildman–Crippen LogP) is 7.36. The van der Waals surface area contributed by atoms with Crippen molar-refractivity contribution < 1.29 is 33.1 Å². The number of piperidine rings is 1. The van der Waals surface area contributed by atoms with Crippen molar-refractivity contribution in [3.8, 4) is 33.8 Å². The molecule has 3 aliphatic rings. The van der Waals surface area contributed by atoms with Crippen LogP contribution in [0.5, 0.6) is 0 Å².